The zero-order valence-electron chi connectivity index (χ0n) is 13.2. The van der Waals surface area contributed by atoms with Gasteiger partial charge in [0, 0.05) is 38.4 Å². The Labute approximate surface area is 131 Å². The van der Waals surface area contributed by atoms with Crippen molar-refractivity contribution in [3.05, 3.63) is 17.7 Å². The summed E-state index contributed by atoms with van der Waals surface area (Å²) in [5.74, 6) is 1.10. The van der Waals surface area contributed by atoms with Crippen LogP contribution in [-0.4, -0.2) is 64.1 Å². The third-order valence-electron chi connectivity index (χ3n) is 5.34. The molecule has 1 unspecified atom stereocenters. The lowest BCUT2D eigenvalue weighted by atomic mass is 9.90. The lowest BCUT2D eigenvalue weighted by molar-refractivity contribution is 0.0299. The Morgan fingerprint density at radius 1 is 1.23 bits per heavy atom. The summed E-state index contributed by atoms with van der Waals surface area (Å²) in [7, 11) is 0. The quantitative estimate of drug-likeness (QED) is 0.826. The van der Waals surface area contributed by atoms with Gasteiger partial charge in [0.05, 0.1) is 19.3 Å². The minimum atomic E-state index is 0.0487. The van der Waals surface area contributed by atoms with E-state index >= 15 is 0 Å². The summed E-state index contributed by atoms with van der Waals surface area (Å²) in [5.41, 5.74) is 0.596. The van der Waals surface area contributed by atoms with Crippen LogP contribution >= 0.6 is 0 Å². The lowest BCUT2D eigenvalue weighted by Gasteiger charge is -2.43. The Morgan fingerprint density at radius 2 is 2.00 bits per heavy atom. The predicted octanol–water partition coefficient (Wildman–Crippen LogP) is 1.28. The van der Waals surface area contributed by atoms with Gasteiger partial charge in [-0.2, -0.15) is 0 Å². The standard InChI is InChI=1S/C16H24N4O2/c1-12-15-17-14(16(21)18-7-9-22-10-8-18)11-19(15)5-6-20(12)13-3-2-4-13/h11-13H,2-10H2,1H3. The third kappa shape index (κ3) is 2.34. The van der Waals surface area contributed by atoms with E-state index in [9.17, 15) is 4.79 Å². The Bertz CT molecular complexity index is 560. The summed E-state index contributed by atoms with van der Waals surface area (Å²) in [6, 6.07) is 1.03. The molecule has 1 saturated heterocycles. The maximum Gasteiger partial charge on any atom is 0.274 e. The Morgan fingerprint density at radius 3 is 2.68 bits per heavy atom. The highest BCUT2D eigenvalue weighted by molar-refractivity contribution is 5.92. The topological polar surface area (TPSA) is 50.6 Å². The van der Waals surface area contributed by atoms with Crippen LogP contribution in [0.5, 0.6) is 0 Å². The van der Waals surface area contributed by atoms with Crippen LogP contribution in [0.15, 0.2) is 6.20 Å². The van der Waals surface area contributed by atoms with E-state index in [4.69, 9.17) is 4.74 Å². The first-order valence-electron chi connectivity index (χ1n) is 8.44. The largest absolute Gasteiger partial charge is 0.378 e. The van der Waals surface area contributed by atoms with E-state index in [1.807, 2.05) is 11.1 Å². The molecule has 6 nitrogen and oxygen atoms in total. The number of hydrogen-bond acceptors (Lipinski definition) is 4. The minimum Gasteiger partial charge on any atom is -0.378 e. The molecule has 3 heterocycles. The van der Waals surface area contributed by atoms with Crippen LogP contribution in [-0.2, 0) is 11.3 Å². The van der Waals surface area contributed by atoms with Crippen molar-refractivity contribution < 1.29 is 9.53 Å². The number of morpholine rings is 1. The van der Waals surface area contributed by atoms with Gasteiger partial charge in [-0.3, -0.25) is 9.69 Å². The first-order chi connectivity index (χ1) is 10.7. The molecule has 3 aliphatic rings. The number of carbonyl (C=O) groups is 1. The summed E-state index contributed by atoms with van der Waals surface area (Å²) in [6.07, 6.45) is 5.92. The number of hydrogen-bond donors (Lipinski definition) is 0. The number of ether oxygens (including phenoxy) is 1. The van der Waals surface area contributed by atoms with Crippen LogP contribution in [0, 0.1) is 0 Å². The predicted molar refractivity (Wildman–Crippen MR) is 81.7 cm³/mol. The van der Waals surface area contributed by atoms with Crippen LogP contribution in [0.2, 0.25) is 0 Å². The molecule has 2 fully saturated rings. The van der Waals surface area contributed by atoms with E-state index in [1.54, 1.807) is 0 Å². The van der Waals surface area contributed by atoms with Crippen LogP contribution < -0.4 is 0 Å². The van der Waals surface area contributed by atoms with Gasteiger partial charge in [0.1, 0.15) is 11.5 Å². The molecule has 1 aromatic rings. The molecule has 0 N–H and O–H groups in total. The van der Waals surface area contributed by atoms with Crippen molar-refractivity contribution in [3.63, 3.8) is 0 Å². The third-order valence-corrected chi connectivity index (χ3v) is 5.34. The molecule has 1 saturated carbocycles. The number of aromatic nitrogens is 2. The molecule has 0 radical (unpaired) electrons. The average molecular weight is 304 g/mol. The minimum absolute atomic E-state index is 0.0487. The maximum absolute atomic E-state index is 12.6. The molecule has 1 atom stereocenters. The number of rotatable bonds is 2. The van der Waals surface area contributed by atoms with Crippen LogP contribution in [0.3, 0.4) is 0 Å². The van der Waals surface area contributed by atoms with E-state index in [2.05, 4.69) is 21.4 Å². The van der Waals surface area contributed by atoms with Gasteiger partial charge in [-0.1, -0.05) is 6.42 Å². The highest BCUT2D eigenvalue weighted by Gasteiger charge is 2.35. The number of imidazole rings is 1. The normalized spacial score (nSPS) is 26.6. The number of carbonyl (C=O) groups excluding carboxylic acids is 1. The summed E-state index contributed by atoms with van der Waals surface area (Å²) in [5, 5.41) is 0. The van der Waals surface area contributed by atoms with E-state index in [0.717, 1.165) is 25.0 Å². The molecular formula is C16H24N4O2. The van der Waals surface area contributed by atoms with Crippen molar-refractivity contribution >= 4 is 5.91 Å². The molecule has 0 aromatic carbocycles. The summed E-state index contributed by atoms with van der Waals surface area (Å²) in [6.45, 7) is 6.84. The maximum atomic E-state index is 12.6. The molecule has 4 rings (SSSR count). The van der Waals surface area contributed by atoms with Crippen LogP contribution in [0.4, 0.5) is 0 Å². The van der Waals surface area contributed by atoms with Crippen LogP contribution in [0.25, 0.3) is 0 Å². The van der Waals surface area contributed by atoms with Gasteiger partial charge in [-0.05, 0) is 19.8 Å². The Hall–Kier alpha value is -1.40. The first kappa shape index (κ1) is 14.2. The summed E-state index contributed by atoms with van der Waals surface area (Å²) < 4.78 is 7.49. The van der Waals surface area contributed by atoms with E-state index < -0.39 is 0 Å². The van der Waals surface area contributed by atoms with Gasteiger partial charge >= 0.3 is 0 Å². The fourth-order valence-corrected chi connectivity index (χ4v) is 3.76. The van der Waals surface area contributed by atoms with Gasteiger partial charge in [-0.25, -0.2) is 4.98 Å². The van der Waals surface area contributed by atoms with Gasteiger partial charge in [0.2, 0.25) is 0 Å². The Balaban J connectivity index is 1.53. The number of fused-ring (bicyclic) bond motifs is 1. The van der Waals surface area contributed by atoms with Crippen molar-refractivity contribution in [2.24, 2.45) is 0 Å². The second kappa shape index (κ2) is 5.66. The molecule has 120 valence electrons. The molecule has 1 aliphatic carbocycles. The second-order valence-electron chi connectivity index (χ2n) is 6.58. The van der Waals surface area contributed by atoms with E-state index in [-0.39, 0.29) is 5.91 Å². The zero-order chi connectivity index (χ0) is 15.1. The molecule has 0 bridgehead atoms. The molecule has 0 spiro atoms. The summed E-state index contributed by atoms with van der Waals surface area (Å²) >= 11 is 0. The fourth-order valence-electron chi connectivity index (χ4n) is 3.76. The molecular weight excluding hydrogens is 280 g/mol. The van der Waals surface area contributed by atoms with E-state index in [0.29, 0.717) is 38.0 Å². The second-order valence-corrected chi connectivity index (χ2v) is 6.58. The van der Waals surface area contributed by atoms with Gasteiger partial charge in [-0.15, -0.1) is 0 Å². The highest BCUT2D eigenvalue weighted by Crippen LogP contribution is 2.34. The molecule has 2 aliphatic heterocycles. The number of nitrogens with zero attached hydrogens (tertiary/aromatic N) is 4. The smallest absolute Gasteiger partial charge is 0.274 e. The highest BCUT2D eigenvalue weighted by atomic mass is 16.5. The molecule has 6 heteroatoms. The summed E-state index contributed by atoms with van der Waals surface area (Å²) in [4.78, 5) is 21.7. The van der Waals surface area contributed by atoms with Gasteiger partial charge in [0.15, 0.2) is 0 Å². The van der Waals surface area contributed by atoms with Gasteiger partial charge < -0.3 is 14.2 Å². The van der Waals surface area contributed by atoms with Crippen molar-refractivity contribution in [2.75, 3.05) is 32.8 Å². The number of amides is 1. The monoisotopic (exact) mass is 304 g/mol. The lowest BCUT2D eigenvalue weighted by Crippen LogP contribution is -2.46. The van der Waals surface area contributed by atoms with Crippen molar-refractivity contribution in [1.82, 2.24) is 19.4 Å². The van der Waals surface area contributed by atoms with Crippen LogP contribution in [0.1, 0.15) is 48.5 Å². The molecule has 1 aromatic heterocycles. The molecule has 1 amide bonds. The SMILES string of the molecule is CC1c2nc(C(=O)N3CCOCC3)cn2CCN1C1CCC1. The first-order valence-corrected chi connectivity index (χ1v) is 8.44. The van der Waals surface area contributed by atoms with Gasteiger partial charge in [0.25, 0.3) is 5.91 Å². The Kier molecular flexibility index (Phi) is 3.66. The van der Waals surface area contributed by atoms with Crippen molar-refractivity contribution in [1.29, 1.82) is 0 Å². The molecule has 22 heavy (non-hydrogen) atoms. The van der Waals surface area contributed by atoms with E-state index in [1.165, 1.54) is 19.3 Å². The zero-order valence-corrected chi connectivity index (χ0v) is 13.2. The van der Waals surface area contributed by atoms with Crippen molar-refractivity contribution in [2.45, 2.75) is 44.8 Å². The average Bonchev–Trinajstić information content (AvgIpc) is 2.93. The van der Waals surface area contributed by atoms with Crippen molar-refractivity contribution in [3.8, 4) is 0 Å². The fraction of sp³-hybridized carbons (Fsp3) is 0.750.